The number of nitrogens with zero attached hydrogens (tertiary/aromatic N) is 1. The first kappa shape index (κ1) is 15.8. The molecule has 1 aromatic rings. The molecular formula is C15H23ClN2O. The summed E-state index contributed by atoms with van der Waals surface area (Å²) in [5.74, 6) is 0.673. The van der Waals surface area contributed by atoms with E-state index in [-0.39, 0.29) is 5.91 Å². The van der Waals surface area contributed by atoms with Gasteiger partial charge in [0, 0.05) is 36.8 Å². The zero-order chi connectivity index (χ0) is 14.1. The number of anilines is 2. The third-order valence-electron chi connectivity index (χ3n) is 3.07. The van der Waals surface area contributed by atoms with E-state index in [1.165, 1.54) is 5.69 Å². The Morgan fingerprint density at radius 3 is 2.32 bits per heavy atom. The Labute approximate surface area is 120 Å². The summed E-state index contributed by atoms with van der Waals surface area (Å²) < 4.78 is 0. The molecule has 106 valence electrons. The van der Waals surface area contributed by atoms with Crippen molar-refractivity contribution in [3.63, 3.8) is 0 Å². The number of halogens is 1. The Morgan fingerprint density at radius 1 is 1.16 bits per heavy atom. The van der Waals surface area contributed by atoms with Gasteiger partial charge in [-0.05, 0) is 51.0 Å². The Hall–Kier alpha value is -1.22. The number of hydrogen-bond acceptors (Lipinski definition) is 2. The molecule has 0 spiro atoms. The summed E-state index contributed by atoms with van der Waals surface area (Å²) in [4.78, 5) is 13.9. The molecule has 0 bridgehead atoms. The number of hydrogen-bond donors (Lipinski definition) is 1. The van der Waals surface area contributed by atoms with Gasteiger partial charge in [-0.1, -0.05) is 0 Å². The zero-order valence-corrected chi connectivity index (χ0v) is 12.5. The monoisotopic (exact) mass is 282 g/mol. The van der Waals surface area contributed by atoms with Crippen LogP contribution in [0, 0.1) is 0 Å². The Kier molecular flexibility index (Phi) is 7.34. The summed E-state index contributed by atoms with van der Waals surface area (Å²) >= 11 is 5.58. The fourth-order valence-electron chi connectivity index (χ4n) is 1.95. The Balaban J connectivity index is 2.50. The fraction of sp³-hybridized carbons (Fsp3) is 0.533. The van der Waals surface area contributed by atoms with E-state index in [1.54, 1.807) is 0 Å². The molecule has 0 fully saturated rings. The Bertz CT molecular complexity index is 374. The molecule has 1 aromatic carbocycles. The molecule has 0 atom stereocenters. The van der Waals surface area contributed by atoms with Gasteiger partial charge < -0.3 is 10.2 Å². The lowest BCUT2D eigenvalue weighted by Crippen LogP contribution is -2.21. The van der Waals surface area contributed by atoms with E-state index in [1.807, 2.05) is 24.3 Å². The standard InChI is InChI=1S/C15H23ClN2O/c1-3-18(4-2)14-10-8-13(9-11-14)17-15(19)7-5-6-12-16/h8-11H,3-7,12H2,1-2H3,(H,17,19). The molecule has 1 rings (SSSR count). The van der Waals surface area contributed by atoms with Gasteiger partial charge in [-0.3, -0.25) is 4.79 Å². The minimum atomic E-state index is 0.0562. The first-order chi connectivity index (χ1) is 9.21. The van der Waals surface area contributed by atoms with Crippen molar-refractivity contribution in [2.45, 2.75) is 33.1 Å². The maximum Gasteiger partial charge on any atom is 0.224 e. The maximum absolute atomic E-state index is 11.7. The van der Waals surface area contributed by atoms with Crippen molar-refractivity contribution in [2.24, 2.45) is 0 Å². The van der Waals surface area contributed by atoms with Gasteiger partial charge in [-0.25, -0.2) is 0 Å². The normalized spacial score (nSPS) is 10.3. The number of carbonyl (C=O) groups is 1. The predicted molar refractivity (Wildman–Crippen MR) is 83.2 cm³/mol. The van der Waals surface area contributed by atoms with Crippen LogP contribution < -0.4 is 10.2 Å². The number of amides is 1. The number of unbranched alkanes of at least 4 members (excludes halogenated alkanes) is 1. The lowest BCUT2D eigenvalue weighted by Gasteiger charge is -2.21. The van der Waals surface area contributed by atoms with Gasteiger partial charge in [0.25, 0.3) is 0 Å². The molecule has 0 aliphatic heterocycles. The van der Waals surface area contributed by atoms with Crippen LogP contribution in [0.3, 0.4) is 0 Å². The van der Waals surface area contributed by atoms with Crippen molar-refractivity contribution in [1.82, 2.24) is 0 Å². The van der Waals surface area contributed by atoms with Gasteiger partial charge in [-0.15, -0.1) is 11.6 Å². The molecule has 0 aromatic heterocycles. The van der Waals surface area contributed by atoms with Crippen LogP contribution in [0.4, 0.5) is 11.4 Å². The van der Waals surface area contributed by atoms with E-state index in [4.69, 9.17) is 11.6 Å². The van der Waals surface area contributed by atoms with Crippen molar-refractivity contribution < 1.29 is 4.79 Å². The average molecular weight is 283 g/mol. The van der Waals surface area contributed by atoms with Gasteiger partial charge in [0.15, 0.2) is 0 Å². The van der Waals surface area contributed by atoms with Crippen LogP contribution in [0.5, 0.6) is 0 Å². The van der Waals surface area contributed by atoms with Crippen LogP contribution in [0.1, 0.15) is 33.1 Å². The summed E-state index contributed by atoms with van der Waals surface area (Å²) in [5.41, 5.74) is 2.04. The highest BCUT2D eigenvalue weighted by Gasteiger charge is 2.04. The number of alkyl halides is 1. The van der Waals surface area contributed by atoms with Crippen molar-refractivity contribution >= 4 is 28.9 Å². The molecule has 0 aliphatic rings. The third kappa shape index (κ3) is 5.52. The minimum Gasteiger partial charge on any atom is -0.372 e. The number of benzene rings is 1. The van der Waals surface area contributed by atoms with Crippen LogP contribution >= 0.6 is 11.6 Å². The van der Waals surface area contributed by atoms with Gasteiger partial charge in [0.1, 0.15) is 0 Å². The average Bonchev–Trinajstić information content (AvgIpc) is 2.42. The second-order valence-electron chi connectivity index (χ2n) is 4.41. The van der Waals surface area contributed by atoms with E-state index in [0.717, 1.165) is 31.6 Å². The summed E-state index contributed by atoms with van der Waals surface area (Å²) in [7, 11) is 0. The quantitative estimate of drug-likeness (QED) is 0.580. The van der Waals surface area contributed by atoms with E-state index >= 15 is 0 Å². The largest absolute Gasteiger partial charge is 0.372 e. The topological polar surface area (TPSA) is 32.3 Å². The summed E-state index contributed by atoms with van der Waals surface area (Å²) in [6.45, 7) is 6.24. The van der Waals surface area contributed by atoms with E-state index in [9.17, 15) is 4.79 Å². The molecule has 3 nitrogen and oxygen atoms in total. The van der Waals surface area contributed by atoms with Crippen molar-refractivity contribution in [3.8, 4) is 0 Å². The molecule has 0 unspecified atom stereocenters. The second-order valence-corrected chi connectivity index (χ2v) is 4.79. The molecule has 0 aliphatic carbocycles. The van der Waals surface area contributed by atoms with Crippen molar-refractivity contribution in [1.29, 1.82) is 0 Å². The molecule has 4 heteroatoms. The van der Waals surface area contributed by atoms with Gasteiger partial charge in [0.05, 0.1) is 0 Å². The molecule has 19 heavy (non-hydrogen) atoms. The van der Waals surface area contributed by atoms with Crippen LogP contribution in [0.2, 0.25) is 0 Å². The molecule has 0 saturated heterocycles. The smallest absolute Gasteiger partial charge is 0.224 e. The highest BCUT2D eigenvalue weighted by Crippen LogP contribution is 2.17. The summed E-state index contributed by atoms with van der Waals surface area (Å²) in [6.07, 6.45) is 2.26. The van der Waals surface area contributed by atoms with Gasteiger partial charge in [-0.2, -0.15) is 0 Å². The van der Waals surface area contributed by atoms with E-state index < -0.39 is 0 Å². The van der Waals surface area contributed by atoms with Crippen LogP contribution in [-0.4, -0.2) is 24.9 Å². The summed E-state index contributed by atoms with van der Waals surface area (Å²) in [6, 6.07) is 7.99. The third-order valence-corrected chi connectivity index (χ3v) is 3.33. The lowest BCUT2D eigenvalue weighted by atomic mass is 10.2. The van der Waals surface area contributed by atoms with Crippen LogP contribution in [0.25, 0.3) is 0 Å². The SMILES string of the molecule is CCN(CC)c1ccc(NC(=O)CCCCCl)cc1. The summed E-state index contributed by atoms with van der Waals surface area (Å²) in [5, 5.41) is 2.90. The lowest BCUT2D eigenvalue weighted by molar-refractivity contribution is -0.116. The second kappa shape index (κ2) is 8.81. The van der Waals surface area contributed by atoms with Crippen LogP contribution in [0.15, 0.2) is 24.3 Å². The molecule has 0 saturated carbocycles. The zero-order valence-electron chi connectivity index (χ0n) is 11.8. The highest BCUT2D eigenvalue weighted by atomic mass is 35.5. The molecule has 0 heterocycles. The number of carbonyl (C=O) groups excluding carboxylic acids is 1. The maximum atomic E-state index is 11.7. The van der Waals surface area contributed by atoms with Crippen molar-refractivity contribution in [3.05, 3.63) is 24.3 Å². The first-order valence-electron chi connectivity index (χ1n) is 6.92. The minimum absolute atomic E-state index is 0.0562. The fourth-order valence-corrected chi connectivity index (χ4v) is 2.14. The van der Waals surface area contributed by atoms with Crippen molar-refractivity contribution in [2.75, 3.05) is 29.2 Å². The highest BCUT2D eigenvalue weighted by molar-refractivity contribution is 6.17. The number of rotatable bonds is 8. The molecular weight excluding hydrogens is 260 g/mol. The Morgan fingerprint density at radius 2 is 1.79 bits per heavy atom. The first-order valence-corrected chi connectivity index (χ1v) is 7.45. The number of nitrogens with one attached hydrogen (secondary N) is 1. The van der Waals surface area contributed by atoms with E-state index in [0.29, 0.717) is 12.3 Å². The van der Waals surface area contributed by atoms with Gasteiger partial charge in [0.2, 0.25) is 5.91 Å². The molecule has 0 radical (unpaired) electrons. The predicted octanol–water partition coefficient (Wildman–Crippen LogP) is 3.88. The van der Waals surface area contributed by atoms with Crippen LogP contribution in [-0.2, 0) is 4.79 Å². The molecule has 1 amide bonds. The molecule has 1 N–H and O–H groups in total. The van der Waals surface area contributed by atoms with E-state index in [2.05, 4.69) is 24.1 Å². The van der Waals surface area contributed by atoms with Gasteiger partial charge >= 0.3 is 0 Å².